The molecule has 0 atom stereocenters. The zero-order chi connectivity index (χ0) is 19.9. The number of nitrogens with zero attached hydrogens (tertiary/aromatic N) is 1. The molecular weight excluding hydrogens is 380 g/mol. The Morgan fingerprint density at radius 3 is 2.46 bits per heavy atom. The molecule has 1 aromatic heterocycles. The van der Waals surface area contributed by atoms with Gasteiger partial charge in [0, 0.05) is 18.2 Å². The van der Waals surface area contributed by atoms with Gasteiger partial charge in [0.2, 0.25) is 5.91 Å². The van der Waals surface area contributed by atoms with Crippen LogP contribution in [0.1, 0.15) is 10.6 Å². The van der Waals surface area contributed by atoms with Gasteiger partial charge in [0.25, 0.3) is 0 Å². The van der Waals surface area contributed by atoms with Gasteiger partial charge in [-0.05, 0) is 18.2 Å². The first kappa shape index (κ1) is 19.9. The van der Waals surface area contributed by atoms with E-state index in [2.05, 4.69) is 10.3 Å². The molecule has 1 N–H and O–H groups in total. The van der Waals surface area contributed by atoms with Crippen LogP contribution >= 0.6 is 11.3 Å². The monoisotopic (exact) mass is 402 g/mol. The van der Waals surface area contributed by atoms with Crippen LogP contribution in [-0.4, -0.2) is 38.8 Å². The van der Waals surface area contributed by atoms with Gasteiger partial charge in [0.05, 0.1) is 38.2 Å². The second-order valence-electron chi connectivity index (χ2n) is 5.86. The minimum absolute atomic E-state index is 0.0501. The van der Waals surface area contributed by atoms with E-state index in [1.54, 1.807) is 44.8 Å². The van der Waals surface area contributed by atoms with Crippen molar-refractivity contribution in [2.45, 2.75) is 13.2 Å². The lowest BCUT2D eigenvalue weighted by Gasteiger charge is -2.14. The van der Waals surface area contributed by atoms with Gasteiger partial charge < -0.3 is 24.3 Å². The maximum absolute atomic E-state index is 12.1. The molecule has 0 saturated heterocycles. The summed E-state index contributed by atoms with van der Waals surface area (Å²) < 4.78 is 22.5. The fraction of sp³-hybridized carbons (Fsp3) is 0.300. The Labute approximate surface area is 167 Å². The summed E-state index contributed by atoms with van der Waals surface area (Å²) in [5.74, 6) is 1.51. The molecule has 0 saturated carbocycles. The van der Waals surface area contributed by atoms with Crippen LogP contribution in [0.4, 0.5) is 0 Å². The summed E-state index contributed by atoms with van der Waals surface area (Å²) in [4.78, 5) is 16.6. The molecule has 0 fully saturated rings. The number of thiazole rings is 1. The first-order chi connectivity index (χ1) is 13.6. The quantitative estimate of drug-likeness (QED) is 0.592. The van der Waals surface area contributed by atoms with Crippen molar-refractivity contribution in [2.75, 3.05) is 27.9 Å². The number of carbonyl (C=O) groups is 1. The highest BCUT2D eigenvalue weighted by molar-refractivity contribution is 7.18. The zero-order valence-electron chi connectivity index (χ0n) is 16.0. The number of benzene rings is 2. The largest absolute Gasteiger partial charge is 0.496 e. The summed E-state index contributed by atoms with van der Waals surface area (Å²) in [5.41, 5.74) is 1.72. The van der Waals surface area contributed by atoms with Crippen LogP contribution in [0.15, 0.2) is 36.4 Å². The molecule has 1 heterocycles. The topological polar surface area (TPSA) is 78.9 Å². The molecule has 7 nitrogen and oxygen atoms in total. The lowest BCUT2D eigenvalue weighted by atomic mass is 10.1. The number of amides is 1. The van der Waals surface area contributed by atoms with Crippen LogP contribution < -0.4 is 19.5 Å². The number of ether oxygens (including phenoxy) is 4. The van der Waals surface area contributed by atoms with E-state index in [-0.39, 0.29) is 19.1 Å². The molecule has 1 amide bonds. The van der Waals surface area contributed by atoms with E-state index in [0.717, 1.165) is 20.8 Å². The van der Waals surface area contributed by atoms with Gasteiger partial charge in [0.1, 0.15) is 17.4 Å². The molecule has 0 aliphatic rings. The molecule has 0 bridgehead atoms. The van der Waals surface area contributed by atoms with Gasteiger partial charge >= 0.3 is 0 Å². The Morgan fingerprint density at radius 2 is 1.75 bits per heavy atom. The lowest BCUT2D eigenvalue weighted by Crippen LogP contribution is -2.27. The second-order valence-corrected chi connectivity index (χ2v) is 6.98. The van der Waals surface area contributed by atoms with Crippen molar-refractivity contribution >= 4 is 27.5 Å². The van der Waals surface area contributed by atoms with Crippen LogP contribution in [0.5, 0.6) is 17.2 Å². The summed E-state index contributed by atoms with van der Waals surface area (Å²) in [6.07, 6.45) is 0. The van der Waals surface area contributed by atoms with Crippen LogP contribution in [0.3, 0.4) is 0 Å². The molecule has 0 aliphatic carbocycles. The van der Waals surface area contributed by atoms with Gasteiger partial charge in [0.15, 0.2) is 11.5 Å². The molecule has 28 heavy (non-hydrogen) atoms. The number of carbonyl (C=O) groups excluding carboxylic acids is 1. The van der Waals surface area contributed by atoms with Gasteiger partial charge in [-0.15, -0.1) is 11.3 Å². The first-order valence-corrected chi connectivity index (χ1v) is 9.44. The third-order valence-electron chi connectivity index (χ3n) is 4.06. The molecule has 8 heteroatoms. The van der Waals surface area contributed by atoms with Gasteiger partial charge in [-0.2, -0.15) is 0 Å². The van der Waals surface area contributed by atoms with Crippen molar-refractivity contribution in [2.24, 2.45) is 0 Å². The fourth-order valence-electron chi connectivity index (χ4n) is 2.69. The summed E-state index contributed by atoms with van der Waals surface area (Å²) in [6, 6.07) is 11.4. The standard InChI is InChI=1S/C20H22N2O5S/c1-24-15-9-17(26-3)16(25-2)8-13(15)10-21-19(23)11-27-12-20-22-14-6-4-5-7-18(14)28-20/h4-9H,10-12H2,1-3H3,(H,21,23). The van der Waals surface area contributed by atoms with Gasteiger partial charge in [-0.25, -0.2) is 4.98 Å². The van der Waals surface area contributed by atoms with Gasteiger partial charge in [-0.1, -0.05) is 12.1 Å². The number of nitrogens with one attached hydrogen (secondary N) is 1. The average molecular weight is 402 g/mol. The number of aromatic nitrogens is 1. The normalized spacial score (nSPS) is 10.7. The van der Waals surface area contributed by atoms with E-state index >= 15 is 0 Å². The van der Waals surface area contributed by atoms with E-state index in [4.69, 9.17) is 18.9 Å². The lowest BCUT2D eigenvalue weighted by molar-refractivity contribution is -0.126. The van der Waals surface area contributed by atoms with Crippen molar-refractivity contribution in [3.8, 4) is 17.2 Å². The molecule has 3 aromatic rings. The Bertz CT molecular complexity index is 924. The fourth-order valence-corrected chi connectivity index (χ4v) is 3.59. The average Bonchev–Trinajstić information content (AvgIpc) is 3.14. The molecule has 2 aromatic carbocycles. The minimum Gasteiger partial charge on any atom is -0.496 e. The maximum atomic E-state index is 12.1. The highest BCUT2D eigenvalue weighted by Gasteiger charge is 2.13. The Morgan fingerprint density at radius 1 is 1.04 bits per heavy atom. The highest BCUT2D eigenvalue weighted by Crippen LogP contribution is 2.34. The molecule has 0 spiro atoms. The van der Waals surface area contributed by atoms with Crippen molar-refractivity contribution in [1.82, 2.24) is 10.3 Å². The summed E-state index contributed by atoms with van der Waals surface area (Å²) >= 11 is 1.56. The second kappa shape index (κ2) is 9.38. The number of methoxy groups -OCH3 is 3. The Hall–Kier alpha value is -2.84. The van der Waals surface area contributed by atoms with Crippen molar-refractivity contribution in [3.63, 3.8) is 0 Å². The molecule has 0 radical (unpaired) electrons. The third-order valence-corrected chi connectivity index (χ3v) is 5.07. The van der Waals surface area contributed by atoms with Crippen LogP contribution in [0.2, 0.25) is 0 Å². The summed E-state index contributed by atoms with van der Waals surface area (Å²) in [7, 11) is 4.68. The third kappa shape index (κ3) is 4.71. The predicted molar refractivity (Wildman–Crippen MR) is 107 cm³/mol. The number of hydrogen-bond acceptors (Lipinski definition) is 7. The number of para-hydroxylation sites is 1. The zero-order valence-corrected chi connectivity index (χ0v) is 16.8. The predicted octanol–water partition coefficient (Wildman–Crippen LogP) is 3.16. The smallest absolute Gasteiger partial charge is 0.246 e. The van der Waals surface area contributed by atoms with Gasteiger partial charge in [-0.3, -0.25) is 4.79 Å². The van der Waals surface area contributed by atoms with Crippen molar-refractivity contribution in [1.29, 1.82) is 0 Å². The van der Waals surface area contributed by atoms with E-state index in [1.165, 1.54) is 0 Å². The SMILES string of the molecule is COc1cc(OC)c(OC)cc1CNC(=O)COCc1nc2ccccc2s1. The number of rotatable bonds is 9. The molecule has 0 aliphatic heterocycles. The molecular formula is C20H22N2O5S. The number of fused-ring (bicyclic) bond motifs is 1. The molecule has 148 valence electrons. The summed E-state index contributed by atoms with van der Waals surface area (Å²) in [5, 5.41) is 3.66. The van der Waals surface area contributed by atoms with Crippen LogP contribution in [0, 0.1) is 0 Å². The van der Waals surface area contributed by atoms with E-state index in [1.807, 2.05) is 24.3 Å². The van der Waals surface area contributed by atoms with E-state index in [0.29, 0.717) is 23.9 Å². The summed E-state index contributed by atoms with van der Waals surface area (Å²) in [6.45, 7) is 0.533. The number of hydrogen-bond donors (Lipinski definition) is 1. The van der Waals surface area contributed by atoms with E-state index in [9.17, 15) is 4.79 Å². The van der Waals surface area contributed by atoms with Crippen molar-refractivity contribution < 1.29 is 23.7 Å². The minimum atomic E-state index is -0.224. The maximum Gasteiger partial charge on any atom is 0.246 e. The first-order valence-electron chi connectivity index (χ1n) is 8.62. The Kier molecular flexibility index (Phi) is 6.67. The Balaban J connectivity index is 1.52. The molecule has 3 rings (SSSR count). The van der Waals surface area contributed by atoms with Crippen molar-refractivity contribution in [3.05, 3.63) is 47.0 Å². The van der Waals surface area contributed by atoms with E-state index < -0.39 is 0 Å². The van der Waals surface area contributed by atoms with Crippen LogP contribution in [0.25, 0.3) is 10.2 Å². The highest BCUT2D eigenvalue weighted by atomic mass is 32.1. The molecule has 0 unspecified atom stereocenters. The van der Waals surface area contributed by atoms with Crippen LogP contribution in [-0.2, 0) is 22.7 Å².